The first kappa shape index (κ1) is 11.4. The zero-order valence-corrected chi connectivity index (χ0v) is 9.08. The minimum absolute atomic E-state index is 0.186. The summed E-state index contributed by atoms with van der Waals surface area (Å²) in [6.45, 7) is 1.73. The Bertz CT molecular complexity index is 390. The molecule has 1 aromatic heterocycles. The molecule has 0 aliphatic rings. The fraction of sp³-hybridized carbons (Fsp3) is 0.300. The molecule has 0 saturated carbocycles. The molecule has 0 amide bonds. The van der Waals surface area contributed by atoms with E-state index in [1.807, 2.05) is 5.38 Å². The molecule has 4 nitrogen and oxygen atoms in total. The van der Waals surface area contributed by atoms with Gasteiger partial charge in [0.05, 0.1) is 6.42 Å². The highest BCUT2D eigenvalue weighted by Crippen LogP contribution is 2.05. The summed E-state index contributed by atoms with van der Waals surface area (Å²) in [7, 11) is 0. The molecule has 1 heterocycles. The fourth-order valence-electron chi connectivity index (χ4n) is 0.780. The van der Waals surface area contributed by atoms with Crippen LogP contribution in [0.4, 0.5) is 0 Å². The van der Waals surface area contributed by atoms with Gasteiger partial charge >= 0.3 is 5.97 Å². The Morgan fingerprint density at radius 3 is 3.20 bits per heavy atom. The summed E-state index contributed by atoms with van der Waals surface area (Å²) in [5, 5.41) is 6.23. The van der Waals surface area contributed by atoms with Crippen LogP contribution >= 0.6 is 11.3 Å². The average Bonchev–Trinajstić information content (AvgIpc) is 2.76. The summed E-state index contributed by atoms with van der Waals surface area (Å²) in [6.07, 6.45) is 7.23. The smallest absolute Gasteiger partial charge is 0.318 e. The van der Waals surface area contributed by atoms with E-state index in [4.69, 9.17) is 6.42 Å². The Hall–Kier alpha value is -1.67. The maximum absolute atomic E-state index is 11.0. The van der Waals surface area contributed by atoms with Gasteiger partial charge in [0.1, 0.15) is 10.7 Å². The molecule has 0 saturated heterocycles. The second kappa shape index (κ2) is 5.94. The summed E-state index contributed by atoms with van der Waals surface area (Å²) >= 11 is 1.44. The molecule has 0 unspecified atom stereocenters. The Kier molecular flexibility index (Phi) is 4.51. The number of nitrogens with zero attached hydrogens (tertiary/aromatic N) is 2. The molecular formula is C10H10N2O2S. The number of oxime groups is 1. The van der Waals surface area contributed by atoms with E-state index in [9.17, 15) is 4.79 Å². The number of hydrogen-bond acceptors (Lipinski definition) is 5. The van der Waals surface area contributed by atoms with E-state index in [1.165, 1.54) is 11.3 Å². The van der Waals surface area contributed by atoms with Crippen LogP contribution in [0.5, 0.6) is 0 Å². The van der Waals surface area contributed by atoms with Crippen molar-refractivity contribution in [2.75, 3.05) is 0 Å². The lowest BCUT2D eigenvalue weighted by atomic mass is 10.3. The fourth-order valence-corrected chi connectivity index (χ4v) is 1.36. The maximum Gasteiger partial charge on any atom is 0.335 e. The molecule has 0 atom stereocenters. The van der Waals surface area contributed by atoms with Crippen LogP contribution in [-0.2, 0) is 9.63 Å². The zero-order chi connectivity index (χ0) is 11.1. The Morgan fingerprint density at radius 1 is 1.80 bits per heavy atom. The van der Waals surface area contributed by atoms with Gasteiger partial charge in [0, 0.05) is 18.0 Å². The average molecular weight is 222 g/mol. The first-order valence-corrected chi connectivity index (χ1v) is 5.19. The van der Waals surface area contributed by atoms with Crippen LogP contribution in [-0.4, -0.2) is 16.7 Å². The van der Waals surface area contributed by atoms with Gasteiger partial charge < -0.3 is 4.84 Å². The predicted molar refractivity (Wildman–Crippen MR) is 58.5 cm³/mol. The third-order valence-electron chi connectivity index (χ3n) is 1.50. The standard InChI is InChI=1S/C10H10N2O2S/c1-3-4-5-9(13)14-12-8(2)10-11-6-7-15-10/h1,6-7H,4-5H2,2H3. The van der Waals surface area contributed by atoms with Crippen molar-refractivity contribution in [1.82, 2.24) is 4.98 Å². The van der Waals surface area contributed by atoms with Gasteiger partial charge in [0.2, 0.25) is 0 Å². The maximum atomic E-state index is 11.0. The van der Waals surface area contributed by atoms with Gasteiger partial charge in [-0.3, -0.25) is 0 Å². The minimum atomic E-state index is -0.427. The lowest BCUT2D eigenvalue weighted by Gasteiger charge is -1.96. The molecule has 0 radical (unpaired) electrons. The molecule has 0 fully saturated rings. The SMILES string of the molecule is C#CCCC(=O)ON=C(C)c1nccs1. The van der Waals surface area contributed by atoms with E-state index in [2.05, 4.69) is 20.9 Å². The second-order valence-corrected chi connectivity index (χ2v) is 3.58. The van der Waals surface area contributed by atoms with Crippen LogP contribution in [0.3, 0.4) is 0 Å². The van der Waals surface area contributed by atoms with Gasteiger partial charge in [-0.2, -0.15) is 0 Å². The van der Waals surface area contributed by atoms with Crippen LogP contribution in [0.15, 0.2) is 16.7 Å². The lowest BCUT2D eigenvalue weighted by Crippen LogP contribution is -2.02. The van der Waals surface area contributed by atoms with Crippen molar-refractivity contribution in [2.24, 2.45) is 5.16 Å². The minimum Gasteiger partial charge on any atom is -0.318 e. The summed E-state index contributed by atoms with van der Waals surface area (Å²) in [6, 6.07) is 0. The van der Waals surface area contributed by atoms with Crippen LogP contribution in [0.25, 0.3) is 0 Å². The predicted octanol–water partition coefficient (Wildman–Crippen LogP) is 1.82. The van der Waals surface area contributed by atoms with Gasteiger partial charge in [-0.05, 0) is 6.92 Å². The van der Waals surface area contributed by atoms with Crippen molar-refractivity contribution in [3.05, 3.63) is 16.6 Å². The Morgan fingerprint density at radius 2 is 2.60 bits per heavy atom. The summed E-state index contributed by atoms with van der Waals surface area (Å²) < 4.78 is 0. The molecule has 0 aliphatic carbocycles. The summed E-state index contributed by atoms with van der Waals surface area (Å²) in [4.78, 5) is 19.7. The molecule has 1 aromatic rings. The molecule has 5 heteroatoms. The van der Waals surface area contributed by atoms with Gasteiger partial charge in [-0.15, -0.1) is 23.7 Å². The molecule has 1 rings (SSSR count). The Labute approximate surface area is 92.0 Å². The third-order valence-corrected chi connectivity index (χ3v) is 2.38. The van der Waals surface area contributed by atoms with Crippen molar-refractivity contribution in [2.45, 2.75) is 19.8 Å². The number of carbonyl (C=O) groups excluding carboxylic acids is 1. The molecule has 15 heavy (non-hydrogen) atoms. The van der Waals surface area contributed by atoms with Gasteiger partial charge in [0.15, 0.2) is 0 Å². The van der Waals surface area contributed by atoms with Crippen molar-refractivity contribution >= 4 is 23.0 Å². The number of thiazole rings is 1. The molecule has 0 spiro atoms. The summed E-state index contributed by atoms with van der Waals surface area (Å²) in [5.41, 5.74) is 0.582. The quantitative estimate of drug-likeness (QED) is 0.338. The van der Waals surface area contributed by atoms with Gasteiger partial charge in [-0.1, -0.05) is 5.16 Å². The number of terminal acetylenes is 1. The highest BCUT2D eigenvalue weighted by Gasteiger charge is 2.03. The third kappa shape index (κ3) is 3.92. The largest absolute Gasteiger partial charge is 0.335 e. The molecule has 0 aliphatic heterocycles. The molecule has 78 valence electrons. The van der Waals surface area contributed by atoms with Gasteiger partial charge in [-0.25, -0.2) is 9.78 Å². The van der Waals surface area contributed by atoms with Crippen molar-refractivity contribution in [3.8, 4) is 12.3 Å². The van der Waals surface area contributed by atoms with Crippen LogP contribution in [0.1, 0.15) is 24.8 Å². The van der Waals surface area contributed by atoms with Crippen LogP contribution in [0.2, 0.25) is 0 Å². The van der Waals surface area contributed by atoms with E-state index < -0.39 is 5.97 Å². The van der Waals surface area contributed by atoms with E-state index in [1.54, 1.807) is 13.1 Å². The first-order chi connectivity index (χ1) is 7.24. The van der Waals surface area contributed by atoms with Gasteiger partial charge in [0.25, 0.3) is 0 Å². The molecular weight excluding hydrogens is 212 g/mol. The highest BCUT2D eigenvalue weighted by atomic mass is 32.1. The number of carbonyl (C=O) groups is 1. The number of hydrogen-bond donors (Lipinski definition) is 0. The molecule has 0 N–H and O–H groups in total. The highest BCUT2D eigenvalue weighted by molar-refractivity contribution is 7.11. The van der Waals surface area contributed by atoms with E-state index in [0.29, 0.717) is 12.1 Å². The molecule has 0 aromatic carbocycles. The normalized spacial score (nSPS) is 10.8. The van der Waals surface area contributed by atoms with Crippen LogP contribution in [0, 0.1) is 12.3 Å². The first-order valence-electron chi connectivity index (χ1n) is 4.32. The molecule has 0 bridgehead atoms. The monoisotopic (exact) mass is 222 g/mol. The summed E-state index contributed by atoms with van der Waals surface area (Å²) in [5.74, 6) is 1.93. The van der Waals surface area contributed by atoms with Crippen molar-refractivity contribution in [1.29, 1.82) is 0 Å². The van der Waals surface area contributed by atoms with Crippen molar-refractivity contribution in [3.63, 3.8) is 0 Å². The zero-order valence-electron chi connectivity index (χ0n) is 8.27. The Balaban J connectivity index is 2.45. The second-order valence-electron chi connectivity index (χ2n) is 2.68. The van der Waals surface area contributed by atoms with Crippen LogP contribution < -0.4 is 0 Å². The van der Waals surface area contributed by atoms with Crippen molar-refractivity contribution < 1.29 is 9.63 Å². The number of rotatable bonds is 4. The lowest BCUT2D eigenvalue weighted by molar-refractivity contribution is -0.143. The van der Waals surface area contributed by atoms with E-state index >= 15 is 0 Å². The topological polar surface area (TPSA) is 51.5 Å². The van der Waals surface area contributed by atoms with E-state index in [0.717, 1.165) is 5.01 Å². The van der Waals surface area contributed by atoms with E-state index in [-0.39, 0.29) is 6.42 Å². The number of aromatic nitrogens is 1.